The highest BCUT2D eigenvalue weighted by Gasteiger charge is 2.14. The van der Waals surface area contributed by atoms with Crippen LogP contribution in [0.5, 0.6) is 0 Å². The lowest BCUT2D eigenvalue weighted by Crippen LogP contribution is -2.19. The van der Waals surface area contributed by atoms with E-state index in [4.69, 9.17) is 34.8 Å². The Morgan fingerprint density at radius 3 is 2.30 bits per heavy atom. The topological polar surface area (TPSA) is 12.0 Å². The number of hydrogen-bond acceptors (Lipinski definition) is 1. The molecule has 0 heterocycles. The van der Waals surface area contributed by atoms with E-state index in [1.807, 2.05) is 38.2 Å². The molecule has 0 saturated carbocycles. The summed E-state index contributed by atoms with van der Waals surface area (Å²) < 4.78 is 0. The summed E-state index contributed by atoms with van der Waals surface area (Å²) in [4.78, 5) is 0. The van der Waals surface area contributed by atoms with Gasteiger partial charge in [0.1, 0.15) is 0 Å². The third-order valence-electron chi connectivity index (χ3n) is 3.30. The second-order valence-corrected chi connectivity index (χ2v) is 6.04. The molecule has 106 valence electrons. The van der Waals surface area contributed by atoms with Gasteiger partial charge in [0.15, 0.2) is 0 Å². The Bertz CT molecular complexity index is 611. The zero-order chi connectivity index (χ0) is 14.7. The molecule has 0 aromatic heterocycles. The van der Waals surface area contributed by atoms with Gasteiger partial charge in [-0.2, -0.15) is 0 Å². The van der Waals surface area contributed by atoms with Crippen LogP contribution in [0.4, 0.5) is 0 Å². The lowest BCUT2D eigenvalue weighted by molar-refractivity contribution is 0.592. The van der Waals surface area contributed by atoms with Crippen LogP contribution < -0.4 is 5.32 Å². The van der Waals surface area contributed by atoms with Crippen LogP contribution in [0.25, 0.3) is 0 Å². The van der Waals surface area contributed by atoms with Crippen molar-refractivity contribution in [3.05, 3.63) is 68.2 Å². The van der Waals surface area contributed by atoms with E-state index in [0.29, 0.717) is 10.0 Å². The Hall–Kier alpha value is -0.730. The molecular weight excluding hydrogens is 313 g/mol. The van der Waals surface area contributed by atoms with Crippen molar-refractivity contribution in [1.29, 1.82) is 0 Å². The molecule has 0 saturated heterocycles. The first-order valence-corrected chi connectivity index (χ1v) is 7.52. The fraction of sp³-hybridized carbons (Fsp3) is 0.250. The quantitative estimate of drug-likeness (QED) is 0.786. The second kappa shape index (κ2) is 6.82. The molecule has 0 aliphatic rings. The number of nitrogens with one attached hydrogen (secondary N) is 1. The molecule has 1 atom stereocenters. The number of benzene rings is 2. The molecule has 0 aliphatic carbocycles. The first-order chi connectivity index (χ1) is 9.51. The van der Waals surface area contributed by atoms with Gasteiger partial charge in [0.25, 0.3) is 0 Å². The lowest BCUT2D eigenvalue weighted by atomic mass is 9.98. The van der Waals surface area contributed by atoms with Gasteiger partial charge >= 0.3 is 0 Å². The van der Waals surface area contributed by atoms with Crippen molar-refractivity contribution in [3.8, 4) is 0 Å². The molecule has 20 heavy (non-hydrogen) atoms. The van der Waals surface area contributed by atoms with Crippen molar-refractivity contribution in [2.24, 2.45) is 0 Å². The SMILES string of the molecule is CNC(Cc1ccc(Cl)c(Cl)c1)c1ccc(C)cc1Cl. The van der Waals surface area contributed by atoms with Crippen LogP contribution in [-0.4, -0.2) is 7.05 Å². The van der Waals surface area contributed by atoms with Crippen LogP contribution in [0.2, 0.25) is 15.1 Å². The first kappa shape index (κ1) is 15.7. The van der Waals surface area contributed by atoms with Crippen LogP contribution in [-0.2, 0) is 6.42 Å². The standard InChI is InChI=1S/C16H16Cl3N/c1-10-3-5-12(14(18)7-10)16(20-2)9-11-4-6-13(17)15(19)8-11/h3-8,16,20H,9H2,1-2H3. The van der Waals surface area contributed by atoms with Crippen molar-refractivity contribution in [3.63, 3.8) is 0 Å². The minimum atomic E-state index is 0.139. The maximum atomic E-state index is 6.34. The van der Waals surface area contributed by atoms with Crippen LogP contribution in [0, 0.1) is 6.92 Å². The summed E-state index contributed by atoms with van der Waals surface area (Å²) in [7, 11) is 1.93. The number of rotatable bonds is 4. The Balaban J connectivity index is 2.26. The van der Waals surface area contributed by atoms with Gasteiger partial charge in [-0.15, -0.1) is 0 Å². The van der Waals surface area contributed by atoms with Crippen LogP contribution in [0.3, 0.4) is 0 Å². The van der Waals surface area contributed by atoms with Gasteiger partial charge in [-0.25, -0.2) is 0 Å². The minimum absolute atomic E-state index is 0.139. The number of halogens is 3. The monoisotopic (exact) mass is 327 g/mol. The smallest absolute Gasteiger partial charge is 0.0595 e. The maximum absolute atomic E-state index is 6.34. The largest absolute Gasteiger partial charge is 0.313 e. The van der Waals surface area contributed by atoms with E-state index in [-0.39, 0.29) is 6.04 Å². The van der Waals surface area contributed by atoms with E-state index in [0.717, 1.165) is 28.1 Å². The third-order valence-corrected chi connectivity index (χ3v) is 4.37. The highest BCUT2D eigenvalue weighted by atomic mass is 35.5. The van der Waals surface area contributed by atoms with Crippen LogP contribution in [0.1, 0.15) is 22.7 Å². The highest BCUT2D eigenvalue weighted by Crippen LogP contribution is 2.29. The molecule has 0 amide bonds. The summed E-state index contributed by atoms with van der Waals surface area (Å²) in [6, 6.07) is 12.0. The molecule has 0 radical (unpaired) electrons. The van der Waals surface area contributed by atoms with E-state index in [9.17, 15) is 0 Å². The van der Waals surface area contributed by atoms with Crippen molar-refractivity contribution in [1.82, 2.24) is 5.32 Å². The fourth-order valence-corrected chi connectivity index (χ4v) is 2.87. The fourth-order valence-electron chi connectivity index (χ4n) is 2.18. The number of likely N-dealkylation sites (N-methyl/N-ethyl adjacent to an activating group) is 1. The number of aryl methyl sites for hydroxylation is 1. The summed E-state index contributed by atoms with van der Waals surface area (Å²) in [6.07, 6.45) is 0.802. The molecule has 2 aromatic carbocycles. The summed E-state index contributed by atoms with van der Waals surface area (Å²) in [5.74, 6) is 0. The molecule has 4 heteroatoms. The minimum Gasteiger partial charge on any atom is -0.313 e. The summed E-state index contributed by atoms with van der Waals surface area (Å²) in [5, 5.41) is 5.23. The Kier molecular flexibility index (Phi) is 5.34. The third kappa shape index (κ3) is 3.67. The van der Waals surface area contributed by atoms with Crippen molar-refractivity contribution in [2.75, 3.05) is 7.05 Å². The molecule has 2 aromatic rings. The van der Waals surface area contributed by atoms with Gasteiger partial charge in [-0.1, -0.05) is 53.0 Å². The van der Waals surface area contributed by atoms with Gasteiger partial charge in [0.2, 0.25) is 0 Å². The van der Waals surface area contributed by atoms with Crippen LogP contribution >= 0.6 is 34.8 Å². The van der Waals surface area contributed by atoms with Gasteiger partial charge in [0, 0.05) is 11.1 Å². The van der Waals surface area contributed by atoms with Crippen LogP contribution in [0.15, 0.2) is 36.4 Å². The summed E-state index contributed by atoms with van der Waals surface area (Å²) in [5.41, 5.74) is 3.37. The van der Waals surface area contributed by atoms with E-state index in [1.165, 1.54) is 0 Å². The van der Waals surface area contributed by atoms with Crippen molar-refractivity contribution >= 4 is 34.8 Å². The van der Waals surface area contributed by atoms with E-state index in [1.54, 1.807) is 0 Å². The highest BCUT2D eigenvalue weighted by molar-refractivity contribution is 6.42. The Morgan fingerprint density at radius 1 is 0.950 bits per heavy atom. The van der Waals surface area contributed by atoms with Gasteiger partial charge in [-0.05, 0) is 55.3 Å². The number of hydrogen-bond donors (Lipinski definition) is 1. The van der Waals surface area contributed by atoms with Gasteiger partial charge in [-0.3, -0.25) is 0 Å². The average molecular weight is 329 g/mol. The average Bonchev–Trinajstić information content (AvgIpc) is 2.41. The van der Waals surface area contributed by atoms with Gasteiger partial charge < -0.3 is 5.32 Å². The molecule has 1 N–H and O–H groups in total. The molecule has 0 bridgehead atoms. The van der Waals surface area contributed by atoms with Gasteiger partial charge in [0.05, 0.1) is 10.0 Å². The summed E-state index contributed by atoms with van der Waals surface area (Å²) in [6.45, 7) is 2.03. The Morgan fingerprint density at radius 2 is 1.70 bits per heavy atom. The molecule has 0 fully saturated rings. The molecule has 1 nitrogen and oxygen atoms in total. The first-order valence-electron chi connectivity index (χ1n) is 6.38. The zero-order valence-corrected chi connectivity index (χ0v) is 13.7. The molecule has 1 unspecified atom stereocenters. The predicted octanol–water partition coefficient (Wildman–Crippen LogP) is 5.46. The maximum Gasteiger partial charge on any atom is 0.0595 e. The predicted molar refractivity (Wildman–Crippen MR) is 88.2 cm³/mol. The normalized spacial score (nSPS) is 12.4. The second-order valence-electron chi connectivity index (χ2n) is 4.82. The van der Waals surface area contributed by atoms with Crippen molar-refractivity contribution < 1.29 is 0 Å². The molecule has 0 aliphatic heterocycles. The molecule has 0 spiro atoms. The summed E-state index contributed by atoms with van der Waals surface area (Å²) >= 11 is 18.3. The van der Waals surface area contributed by atoms with E-state index < -0.39 is 0 Å². The molecular formula is C16H16Cl3N. The molecule has 2 rings (SSSR count). The Labute approximate surface area is 134 Å². The van der Waals surface area contributed by atoms with E-state index >= 15 is 0 Å². The van der Waals surface area contributed by atoms with Crippen molar-refractivity contribution in [2.45, 2.75) is 19.4 Å². The lowest BCUT2D eigenvalue weighted by Gasteiger charge is -2.19. The van der Waals surface area contributed by atoms with E-state index in [2.05, 4.69) is 17.4 Å². The zero-order valence-electron chi connectivity index (χ0n) is 11.4.